The SMILES string of the molecule is CCOc1ccc(-c2ccc(CCNC(C)=O)cc2)cn1. The van der Waals surface area contributed by atoms with Crippen LogP contribution in [0.15, 0.2) is 42.6 Å². The summed E-state index contributed by atoms with van der Waals surface area (Å²) in [4.78, 5) is 15.1. The zero-order valence-corrected chi connectivity index (χ0v) is 12.4. The van der Waals surface area contributed by atoms with Crippen LogP contribution in [-0.4, -0.2) is 24.0 Å². The molecule has 4 heteroatoms. The number of hydrogen-bond acceptors (Lipinski definition) is 3. The van der Waals surface area contributed by atoms with E-state index in [0.717, 1.165) is 17.5 Å². The van der Waals surface area contributed by atoms with Crippen molar-refractivity contribution in [2.75, 3.05) is 13.2 Å². The Morgan fingerprint density at radius 3 is 2.43 bits per heavy atom. The predicted molar refractivity (Wildman–Crippen MR) is 83.2 cm³/mol. The van der Waals surface area contributed by atoms with Gasteiger partial charge in [0.1, 0.15) is 0 Å². The molecule has 110 valence electrons. The minimum atomic E-state index is 0.00656. The van der Waals surface area contributed by atoms with Gasteiger partial charge >= 0.3 is 0 Å². The smallest absolute Gasteiger partial charge is 0.216 e. The predicted octanol–water partition coefficient (Wildman–Crippen LogP) is 2.83. The lowest BCUT2D eigenvalue weighted by atomic mass is 10.0. The highest BCUT2D eigenvalue weighted by Crippen LogP contribution is 2.21. The average molecular weight is 284 g/mol. The standard InChI is InChI=1S/C17H20N2O2/c1-3-21-17-9-8-16(12-19-17)15-6-4-14(5-7-15)10-11-18-13(2)20/h4-9,12H,3,10-11H2,1-2H3,(H,18,20). The highest BCUT2D eigenvalue weighted by Gasteiger charge is 2.01. The van der Waals surface area contributed by atoms with Crippen molar-refractivity contribution < 1.29 is 9.53 Å². The van der Waals surface area contributed by atoms with Crippen LogP contribution in [0.25, 0.3) is 11.1 Å². The Hall–Kier alpha value is -2.36. The van der Waals surface area contributed by atoms with Crippen LogP contribution in [0.1, 0.15) is 19.4 Å². The van der Waals surface area contributed by atoms with Crippen molar-refractivity contribution in [1.29, 1.82) is 0 Å². The molecule has 0 atom stereocenters. The average Bonchev–Trinajstić information content (AvgIpc) is 2.49. The summed E-state index contributed by atoms with van der Waals surface area (Å²) >= 11 is 0. The molecule has 0 fully saturated rings. The van der Waals surface area contributed by atoms with E-state index in [-0.39, 0.29) is 5.91 Å². The van der Waals surface area contributed by atoms with Gasteiger partial charge in [0.05, 0.1) is 6.61 Å². The molecule has 0 saturated carbocycles. The maximum absolute atomic E-state index is 10.8. The maximum atomic E-state index is 10.8. The molecule has 0 saturated heterocycles. The van der Waals surface area contributed by atoms with E-state index >= 15 is 0 Å². The Labute approximate surface area is 125 Å². The van der Waals surface area contributed by atoms with Crippen LogP contribution >= 0.6 is 0 Å². The second-order valence-electron chi connectivity index (χ2n) is 4.75. The number of carbonyl (C=O) groups excluding carboxylic acids is 1. The van der Waals surface area contributed by atoms with Crippen molar-refractivity contribution in [2.45, 2.75) is 20.3 Å². The molecule has 1 N–H and O–H groups in total. The fourth-order valence-electron chi connectivity index (χ4n) is 2.03. The molecule has 1 aromatic heterocycles. The third-order valence-corrected chi connectivity index (χ3v) is 3.10. The van der Waals surface area contributed by atoms with E-state index in [4.69, 9.17) is 4.74 Å². The third kappa shape index (κ3) is 4.60. The van der Waals surface area contributed by atoms with Gasteiger partial charge in [-0.2, -0.15) is 0 Å². The Kier molecular flexibility index (Phi) is 5.32. The summed E-state index contributed by atoms with van der Waals surface area (Å²) < 4.78 is 5.33. The van der Waals surface area contributed by atoms with Gasteiger partial charge in [0.2, 0.25) is 11.8 Å². The molecule has 0 bridgehead atoms. The number of pyridine rings is 1. The number of rotatable bonds is 6. The number of nitrogens with zero attached hydrogens (tertiary/aromatic N) is 1. The Balaban J connectivity index is 1.99. The van der Waals surface area contributed by atoms with Crippen LogP contribution < -0.4 is 10.1 Å². The normalized spacial score (nSPS) is 10.2. The molecule has 0 unspecified atom stereocenters. The molecule has 0 aliphatic rings. The molecule has 1 amide bonds. The molecule has 0 spiro atoms. The van der Waals surface area contributed by atoms with Crippen LogP contribution in [0.2, 0.25) is 0 Å². The summed E-state index contributed by atoms with van der Waals surface area (Å²) in [6.45, 7) is 4.76. The maximum Gasteiger partial charge on any atom is 0.216 e. The molecule has 2 rings (SSSR count). The summed E-state index contributed by atoms with van der Waals surface area (Å²) in [6, 6.07) is 12.2. The first-order valence-corrected chi connectivity index (χ1v) is 7.11. The minimum Gasteiger partial charge on any atom is -0.478 e. The van der Waals surface area contributed by atoms with Gasteiger partial charge in [-0.1, -0.05) is 24.3 Å². The fourth-order valence-corrected chi connectivity index (χ4v) is 2.03. The van der Waals surface area contributed by atoms with Crippen LogP contribution in [0.3, 0.4) is 0 Å². The van der Waals surface area contributed by atoms with E-state index < -0.39 is 0 Å². The lowest BCUT2D eigenvalue weighted by Crippen LogP contribution is -2.22. The van der Waals surface area contributed by atoms with Crippen LogP contribution in [0.5, 0.6) is 5.88 Å². The summed E-state index contributed by atoms with van der Waals surface area (Å²) in [7, 11) is 0. The number of amides is 1. The first-order valence-electron chi connectivity index (χ1n) is 7.11. The number of hydrogen-bond donors (Lipinski definition) is 1. The minimum absolute atomic E-state index is 0.00656. The first kappa shape index (κ1) is 15.0. The molecule has 0 radical (unpaired) electrons. The Bertz CT molecular complexity index is 577. The van der Waals surface area contributed by atoms with Crippen molar-refractivity contribution in [3.8, 4) is 17.0 Å². The van der Waals surface area contributed by atoms with Gasteiger partial charge in [-0.25, -0.2) is 4.98 Å². The Morgan fingerprint density at radius 2 is 1.86 bits per heavy atom. The van der Waals surface area contributed by atoms with Crippen molar-refractivity contribution in [3.63, 3.8) is 0 Å². The van der Waals surface area contributed by atoms with Crippen LogP contribution in [0, 0.1) is 0 Å². The van der Waals surface area contributed by atoms with E-state index in [1.807, 2.05) is 25.3 Å². The van der Waals surface area contributed by atoms with Gasteiger partial charge in [-0.3, -0.25) is 4.79 Å². The van der Waals surface area contributed by atoms with Gasteiger partial charge in [-0.15, -0.1) is 0 Å². The molecule has 1 heterocycles. The van der Waals surface area contributed by atoms with Gasteiger partial charge in [0.25, 0.3) is 0 Å². The molecule has 2 aromatic rings. The summed E-state index contributed by atoms with van der Waals surface area (Å²) in [5.41, 5.74) is 3.38. The van der Waals surface area contributed by atoms with E-state index in [0.29, 0.717) is 19.0 Å². The number of aromatic nitrogens is 1. The zero-order valence-electron chi connectivity index (χ0n) is 12.4. The van der Waals surface area contributed by atoms with Gasteiger partial charge in [0, 0.05) is 31.3 Å². The molecule has 0 aliphatic carbocycles. The summed E-state index contributed by atoms with van der Waals surface area (Å²) in [5.74, 6) is 0.653. The molecule has 1 aromatic carbocycles. The van der Waals surface area contributed by atoms with E-state index in [2.05, 4.69) is 34.6 Å². The summed E-state index contributed by atoms with van der Waals surface area (Å²) in [5, 5.41) is 2.80. The molecular formula is C17H20N2O2. The van der Waals surface area contributed by atoms with Gasteiger partial charge < -0.3 is 10.1 Å². The highest BCUT2D eigenvalue weighted by atomic mass is 16.5. The van der Waals surface area contributed by atoms with E-state index in [9.17, 15) is 4.79 Å². The van der Waals surface area contributed by atoms with Crippen molar-refractivity contribution in [1.82, 2.24) is 10.3 Å². The third-order valence-electron chi connectivity index (χ3n) is 3.10. The van der Waals surface area contributed by atoms with Crippen LogP contribution in [-0.2, 0) is 11.2 Å². The molecule has 21 heavy (non-hydrogen) atoms. The van der Waals surface area contributed by atoms with Crippen LogP contribution in [0.4, 0.5) is 0 Å². The second kappa shape index (κ2) is 7.43. The first-order chi connectivity index (χ1) is 10.2. The Morgan fingerprint density at radius 1 is 1.14 bits per heavy atom. The van der Waals surface area contributed by atoms with E-state index in [1.165, 1.54) is 12.5 Å². The molecule has 4 nitrogen and oxygen atoms in total. The molecule has 0 aliphatic heterocycles. The van der Waals surface area contributed by atoms with Crippen molar-refractivity contribution in [3.05, 3.63) is 48.2 Å². The lowest BCUT2D eigenvalue weighted by molar-refractivity contribution is -0.118. The van der Waals surface area contributed by atoms with E-state index in [1.54, 1.807) is 0 Å². The largest absolute Gasteiger partial charge is 0.478 e. The number of carbonyl (C=O) groups is 1. The highest BCUT2D eigenvalue weighted by molar-refractivity contribution is 5.72. The van der Waals surface area contributed by atoms with Gasteiger partial charge in [0.15, 0.2) is 0 Å². The van der Waals surface area contributed by atoms with Crippen molar-refractivity contribution in [2.24, 2.45) is 0 Å². The molecular weight excluding hydrogens is 264 g/mol. The fraction of sp³-hybridized carbons (Fsp3) is 0.294. The zero-order chi connectivity index (χ0) is 15.1. The topological polar surface area (TPSA) is 51.2 Å². The summed E-state index contributed by atoms with van der Waals surface area (Å²) in [6.07, 6.45) is 2.65. The lowest BCUT2D eigenvalue weighted by Gasteiger charge is -2.06. The van der Waals surface area contributed by atoms with Gasteiger partial charge in [-0.05, 0) is 30.5 Å². The quantitative estimate of drug-likeness (QED) is 0.887. The second-order valence-corrected chi connectivity index (χ2v) is 4.75. The number of nitrogens with one attached hydrogen (secondary N) is 1. The number of ether oxygens (including phenoxy) is 1. The van der Waals surface area contributed by atoms with Crippen molar-refractivity contribution >= 4 is 5.91 Å². The monoisotopic (exact) mass is 284 g/mol. The number of benzene rings is 1.